The highest BCUT2D eigenvalue weighted by atomic mass is 19.1. The van der Waals surface area contributed by atoms with Gasteiger partial charge in [0.2, 0.25) is 5.91 Å². The molecular weight excluding hydrogens is 333 g/mol. The van der Waals surface area contributed by atoms with Gasteiger partial charge in [-0.05, 0) is 53.8 Å². The summed E-state index contributed by atoms with van der Waals surface area (Å²) in [6.45, 7) is 0.121. The van der Waals surface area contributed by atoms with E-state index in [0.29, 0.717) is 18.4 Å². The van der Waals surface area contributed by atoms with E-state index in [-0.39, 0.29) is 24.7 Å². The minimum Gasteiger partial charge on any atom is -0.383 e. The lowest BCUT2D eigenvalue weighted by atomic mass is 9.96. The van der Waals surface area contributed by atoms with Crippen molar-refractivity contribution in [3.8, 4) is 0 Å². The molecule has 6 heteroatoms. The standard InChI is InChI=1S/C20H20FN3O2/c1-24-12-23-17-8-13(2-5-18(17)24)9-19(25)22-11-20(26)7-6-14-10-15(21)3-4-16(14)20/h2-5,8,10,12,26H,6-7,9,11H2,1H3,(H,22,25). The molecule has 1 amide bonds. The summed E-state index contributed by atoms with van der Waals surface area (Å²) in [5, 5.41) is 13.7. The highest BCUT2D eigenvalue weighted by Crippen LogP contribution is 2.36. The van der Waals surface area contributed by atoms with Gasteiger partial charge in [0.25, 0.3) is 0 Å². The fraction of sp³-hybridized carbons (Fsp3) is 0.300. The van der Waals surface area contributed by atoms with Gasteiger partial charge in [-0.15, -0.1) is 0 Å². The van der Waals surface area contributed by atoms with Crippen LogP contribution in [0.25, 0.3) is 11.0 Å². The van der Waals surface area contributed by atoms with Gasteiger partial charge in [-0.1, -0.05) is 12.1 Å². The highest BCUT2D eigenvalue weighted by molar-refractivity contribution is 5.81. The Morgan fingerprint density at radius 1 is 1.35 bits per heavy atom. The molecular formula is C20H20FN3O2. The van der Waals surface area contributed by atoms with Crippen molar-refractivity contribution in [2.75, 3.05) is 6.54 Å². The average Bonchev–Trinajstić information content (AvgIpc) is 3.14. The number of hydrogen-bond donors (Lipinski definition) is 2. The second kappa shape index (κ2) is 6.21. The molecule has 4 rings (SSSR count). The number of aromatic nitrogens is 2. The number of aliphatic hydroxyl groups is 1. The van der Waals surface area contributed by atoms with E-state index in [1.54, 1.807) is 12.4 Å². The van der Waals surface area contributed by atoms with E-state index in [4.69, 9.17) is 0 Å². The molecule has 1 aliphatic rings. The maximum atomic E-state index is 13.3. The molecule has 134 valence electrons. The van der Waals surface area contributed by atoms with Crippen LogP contribution < -0.4 is 5.32 Å². The van der Waals surface area contributed by atoms with Gasteiger partial charge in [-0.25, -0.2) is 9.37 Å². The van der Waals surface area contributed by atoms with Crippen molar-refractivity contribution in [1.29, 1.82) is 0 Å². The lowest BCUT2D eigenvalue weighted by Gasteiger charge is -2.24. The fourth-order valence-electron chi connectivity index (χ4n) is 3.67. The monoisotopic (exact) mass is 353 g/mol. The van der Waals surface area contributed by atoms with Crippen LogP contribution in [0, 0.1) is 5.82 Å². The summed E-state index contributed by atoms with van der Waals surface area (Å²) in [6, 6.07) is 10.2. The molecule has 0 saturated heterocycles. The van der Waals surface area contributed by atoms with Crippen molar-refractivity contribution in [2.45, 2.75) is 24.9 Å². The Hall–Kier alpha value is -2.73. The summed E-state index contributed by atoms with van der Waals surface area (Å²) in [5.41, 5.74) is 3.11. The van der Waals surface area contributed by atoms with Crippen molar-refractivity contribution in [1.82, 2.24) is 14.9 Å². The van der Waals surface area contributed by atoms with E-state index in [1.165, 1.54) is 12.1 Å². The van der Waals surface area contributed by atoms with Crippen LogP contribution in [-0.2, 0) is 30.3 Å². The highest BCUT2D eigenvalue weighted by Gasteiger charge is 2.37. The number of carbonyl (C=O) groups excluding carboxylic acids is 1. The first-order chi connectivity index (χ1) is 12.4. The Bertz CT molecular complexity index is 998. The maximum absolute atomic E-state index is 13.3. The number of rotatable bonds is 4. The first kappa shape index (κ1) is 16.7. The largest absolute Gasteiger partial charge is 0.383 e. The normalized spacial score (nSPS) is 18.9. The summed E-state index contributed by atoms with van der Waals surface area (Å²) in [4.78, 5) is 16.6. The van der Waals surface area contributed by atoms with Gasteiger partial charge in [0, 0.05) is 7.05 Å². The first-order valence-corrected chi connectivity index (χ1v) is 8.62. The van der Waals surface area contributed by atoms with Gasteiger partial charge < -0.3 is 15.0 Å². The van der Waals surface area contributed by atoms with Gasteiger partial charge in [0.05, 0.1) is 30.3 Å². The van der Waals surface area contributed by atoms with Crippen LogP contribution in [0.4, 0.5) is 4.39 Å². The predicted octanol–water partition coefficient (Wildman–Crippen LogP) is 2.21. The maximum Gasteiger partial charge on any atom is 0.224 e. The zero-order chi connectivity index (χ0) is 18.3. The van der Waals surface area contributed by atoms with Crippen LogP contribution in [0.5, 0.6) is 0 Å². The Labute approximate surface area is 150 Å². The molecule has 26 heavy (non-hydrogen) atoms. The zero-order valence-corrected chi connectivity index (χ0v) is 14.5. The van der Waals surface area contributed by atoms with Crippen LogP contribution >= 0.6 is 0 Å². The third kappa shape index (κ3) is 2.97. The Balaban J connectivity index is 1.42. The predicted molar refractivity (Wildman–Crippen MR) is 96.0 cm³/mol. The second-order valence-corrected chi connectivity index (χ2v) is 6.97. The van der Waals surface area contributed by atoms with E-state index < -0.39 is 5.60 Å². The third-order valence-corrected chi connectivity index (χ3v) is 5.11. The first-order valence-electron chi connectivity index (χ1n) is 8.62. The smallest absolute Gasteiger partial charge is 0.224 e. The molecule has 2 N–H and O–H groups in total. The van der Waals surface area contributed by atoms with E-state index in [2.05, 4.69) is 10.3 Å². The molecule has 1 aromatic heterocycles. The van der Waals surface area contributed by atoms with Crippen molar-refractivity contribution in [3.05, 3.63) is 65.2 Å². The van der Waals surface area contributed by atoms with E-state index in [0.717, 1.165) is 22.2 Å². The number of hydrogen-bond acceptors (Lipinski definition) is 3. The number of amides is 1. The lowest BCUT2D eigenvalue weighted by molar-refractivity contribution is -0.121. The van der Waals surface area contributed by atoms with Gasteiger partial charge in [0.15, 0.2) is 0 Å². The van der Waals surface area contributed by atoms with Crippen molar-refractivity contribution >= 4 is 16.9 Å². The van der Waals surface area contributed by atoms with Gasteiger partial charge >= 0.3 is 0 Å². The van der Waals surface area contributed by atoms with E-state index in [9.17, 15) is 14.3 Å². The fourth-order valence-corrected chi connectivity index (χ4v) is 3.67. The number of nitrogens with zero attached hydrogens (tertiary/aromatic N) is 2. The van der Waals surface area contributed by atoms with Crippen LogP contribution in [0.15, 0.2) is 42.7 Å². The SMILES string of the molecule is Cn1cnc2cc(CC(=O)NCC3(O)CCc4cc(F)ccc43)ccc21. The summed E-state index contributed by atoms with van der Waals surface area (Å²) in [7, 11) is 1.92. The molecule has 1 aliphatic carbocycles. The summed E-state index contributed by atoms with van der Waals surface area (Å²) in [5.74, 6) is -0.466. The Morgan fingerprint density at radius 3 is 3.04 bits per heavy atom. The van der Waals surface area contributed by atoms with Crippen molar-refractivity contribution < 1.29 is 14.3 Å². The number of carbonyl (C=O) groups is 1. The molecule has 5 nitrogen and oxygen atoms in total. The Morgan fingerprint density at radius 2 is 2.19 bits per heavy atom. The van der Waals surface area contributed by atoms with Crippen molar-refractivity contribution in [3.63, 3.8) is 0 Å². The number of nitrogens with one attached hydrogen (secondary N) is 1. The van der Waals surface area contributed by atoms with Gasteiger partial charge in [-0.3, -0.25) is 4.79 Å². The molecule has 1 unspecified atom stereocenters. The molecule has 1 heterocycles. The summed E-state index contributed by atoms with van der Waals surface area (Å²) in [6.07, 6.45) is 3.05. The van der Waals surface area contributed by atoms with Crippen LogP contribution in [0.1, 0.15) is 23.1 Å². The number of aryl methyl sites for hydroxylation is 2. The molecule has 0 radical (unpaired) electrons. The summed E-state index contributed by atoms with van der Waals surface area (Å²) >= 11 is 0. The minimum atomic E-state index is -1.14. The molecule has 0 bridgehead atoms. The average molecular weight is 353 g/mol. The molecule has 3 aromatic rings. The zero-order valence-electron chi connectivity index (χ0n) is 14.5. The van der Waals surface area contributed by atoms with Crippen molar-refractivity contribution in [2.24, 2.45) is 7.05 Å². The van der Waals surface area contributed by atoms with Gasteiger partial charge in [-0.2, -0.15) is 0 Å². The minimum absolute atomic E-state index is 0.121. The topological polar surface area (TPSA) is 67.2 Å². The number of imidazole rings is 1. The molecule has 0 fully saturated rings. The van der Waals surface area contributed by atoms with Crippen LogP contribution in [-0.4, -0.2) is 27.1 Å². The lowest BCUT2D eigenvalue weighted by Crippen LogP contribution is -2.39. The van der Waals surface area contributed by atoms with E-state index >= 15 is 0 Å². The van der Waals surface area contributed by atoms with Crippen LogP contribution in [0.2, 0.25) is 0 Å². The number of fused-ring (bicyclic) bond motifs is 2. The third-order valence-electron chi connectivity index (χ3n) is 5.11. The molecule has 0 aliphatic heterocycles. The Kier molecular flexibility index (Phi) is 4.00. The number of halogens is 1. The number of benzene rings is 2. The molecule has 2 aromatic carbocycles. The van der Waals surface area contributed by atoms with Crippen LogP contribution in [0.3, 0.4) is 0 Å². The molecule has 0 spiro atoms. The van der Waals surface area contributed by atoms with Gasteiger partial charge in [0.1, 0.15) is 11.4 Å². The molecule has 0 saturated carbocycles. The quantitative estimate of drug-likeness (QED) is 0.756. The second-order valence-electron chi connectivity index (χ2n) is 6.97. The van der Waals surface area contributed by atoms with E-state index in [1.807, 2.05) is 29.8 Å². The summed E-state index contributed by atoms with van der Waals surface area (Å²) < 4.78 is 15.3. The molecule has 1 atom stereocenters.